The van der Waals surface area contributed by atoms with Gasteiger partial charge in [0, 0.05) is 45.7 Å². The monoisotopic (exact) mass is 516 g/mol. The van der Waals surface area contributed by atoms with E-state index in [0.29, 0.717) is 19.8 Å². The van der Waals surface area contributed by atoms with Gasteiger partial charge in [-0.25, -0.2) is 0 Å². The highest BCUT2D eigenvalue weighted by Gasteiger charge is 2.30. The summed E-state index contributed by atoms with van der Waals surface area (Å²) in [7, 11) is 3.50. The number of methoxy groups -OCH3 is 1. The van der Waals surface area contributed by atoms with E-state index in [1.54, 1.807) is 7.11 Å². The largest absolute Gasteiger partial charge is 0.497 e. The second-order valence-corrected chi connectivity index (χ2v) is 7.46. The Hall–Kier alpha value is -1.55. The van der Waals surface area contributed by atoms with Crippen molar-refractivity contribution in [1.82, 2.24) is 15.1 Å². The number of amides is 1. The van der Waals surface area contributed by atoms with Crippen molar-refractivity contribution in [3.8, 4) is 5.75 Å². The van der Waals surface area contributed by atoms with Crippen LogP contribution in [-0.2, 0) is 16.1 Å². The molecule has 2 aliphatic rings. The molecule has 3 rings (SSSR count). The van der Waals surface area contributed by atoms with Gasteiger partial charge in [0.15, 0.2) is 5.96 Å². The topological polar surface area (TPSA) is 66.4 Å². The van der Waals surface area contributed by atoms with Gasteiger partial charge in [-0.1, -0.05) is 6.07 Å². The van der Waals surface area contributed by atoms with Crippen molar-refractivity contribution in [3.63, 3.8) is 0 Å². The Morgan fingerprint density at radius 1 is 1.17 bits per heavy atom. The number of nitrogens with one attached hydrogen (secondary N) is 1. The number of hydrogen-bond donors (Lipinski definition) is 1. The lowest BCUT2D eigenvalue weighted by Gasteiger charge is -2.36. The predicted octanol–water partition coefficient (Wildman–Crippen LogP) is 2.27. The van der Waals surface area contributed by atoms with Crippen molar-refractivity contribution >= 4 is 35.8 Å². The highest BCUT2D eigenvalue weighted by molar-refractivity contribution is 14.0. The molecule has 0 atom stereocenters. The van der Waals surface area contributed by atoms with Gasteiger partial charge in [-0.3, -0.25) is 9.79 Å². The third-order valence-corrected chi connectivity index (χ3v) is 5.48. The SMILES string of the molecule is CN=C(NCc1cc(C)cc(OC)c1)N1CCC(C(=O)N2CCOCC2)CC1.I. The third-order valence-electron chi connectivity index (χ3n) is 5.48. The van der Waals surface area contributed by atoms with Gasteiger partial charge in [0.2, 0.25) is 5.91 Å². The van der Waals surface area contributed by atoms with Gasteiger partial charge in [-0.15, -0.1) is 24.0 Å². The van der Waals surface area contributed by atoms with E-state index in [9.17, 15) is 4.79 Å². The standard InChI is InChI=1S/C21H32N4O3.HI/c1-16-12-17(14-19(13-16)27-3)15-23-21(22-2)25-6-4-18(5-7-25)20(26)24-8-10-28-11-9-24;/h12-14,18H,4-11,15H2,1-3H3,(H,22,23);1H. The fourth-order valence-corrected chi connectivity index (χ4v) is 3.94. The van der Waals surface area contributed by atoms with Gasteiger partial charge >= 0.3 is 0 Å². The van der Waals surface area contributed by atoms with Crippen LogP contribution in [0.5, 0.6) is 5.75 Å². The molecule has 2 saturated heterocycles. The molecule has 7 nitrogen and oxygen atoms in total. The summed E-state index contributed by atoms with van der Waals surface area (Å²) in [5, 5.41) is 3.45. The van der Waals surface area contributed by atoms with E-state index in [0.717, 1.165) is 56.3 Å². The van der Waals surface area contributed by atoms with Gasteiger partial charge in [-0.2, -0.15) is 0 Å². The lowest BCUT2D eigenvalue weighted by Crippen LogP contribution is -2.49. The number of rotatable bonds is 4. The Labute approximate surface area is 190 Å². The number of carbonyl (C=O) groups excluding carboxylic acids is 1. The van der Waals surface area contributed by atoms with Gasteiger partial charge in [-0.05, 0) is 43.0 Å². The molecule has 2 aliphatic heterocycles. The first kappa shape index (κ1) is 23.7. The Morgan fingerprint density at radius 3 is 2.48 bits per heavy atom. The molecule has 0 spiro atoms. The first-order valence-electron chi connectivity index (χ1n) is 10.1. The van der Waals surface area contributed by atoms with Gasteiger partial charge < -0.3 is 24.6 Å². The van der Waals surface area contributed by atoms with E-state index in [2.05, 4.69) is 28.2 Å². The summed E-state index contributed by atoms with van der Waals surface area (Å²) in [6.07, 6.45) is 1.74. The zero-order valence-electron chi connectivity index (χ0n) is 17.6. The molecule has 0 radical (unpaired) electrons. The summed E-state index contributed by atoms with van der Waals surface area (Å²) in [6, 6.07) is 6.21. The van der Waals surface area contributed by atoms with Crippen LogP contribution in [-0.4, -0.2) is 75.2 Å². The van der Waals surface area contributed by atoms with Crippen molar-refractivity contribution < 1.29 is 14.3 Å². The minimum atomic E-state index is 0. The lowest BCUT2D eigenvalue weighted by atomic mass is 9.95. The molecule has 0 unspecified atom stereocenters. The molecule has 1 aromatic carbocycles. The van der Waals surface area contributed by atoms with Crippen LogP contribution in [0.1, 0.15) is 24.0 Å². The average Bonchev–Trinajstić information content (AvgIpc) is 2.74. The van der Waals surface area contributed by atoms with E-state index < -0.39 is 0 Å². The summed E-state index contributed by atoms with van der Waals surface area (Å²) in [4.78, 5) is 21.3. The number of benzene rings is 1. The van der Waals surface area contributed by atoms with E-state index in [1.807, 2.05) is 24.1 Å². The molecule has 8 heteroatoms. The summed E-state index contributed by atoms with van der Waals surface area (Å²) >= 11 is 0. The van der Waals surface area contributed by atoms with Crippen LogP contribution in [0.3, 0.4) is 0 Å². The normalized spacial score (nSPS) is 18.2. The maximum absolute atomic E-state index is 12.7. The summed E-state index contributed by atoms with van der Waals surface area (Å²) < 4.78 is 10.7. The number of nitrogens with zero attached hydrogens (tertiary/aromatic N) is 3. The van der Waals surface area contributed by atoms with Crippen LogP contribution >= 0.6 is 24.0 Å². The van der Waals surface area contributed by atoms with Crippen LogP contribution < -0.4 is 10.1 Å². The van der Waals surface area contributed by atoms with Crippen molar-refractivity contribution in [2.75, 3.05) is 53.6 Å². The van der Waals surface area contributed by atoms with Gasteiger partial charge in [0.25, 0.3) is 0 Å². The van der Waals surface area contributed by atoms with Gasteiger partial charge in [0.05, 0.1) is 20.3 Å². The maximum Gasteiger partial charge on any atom is 0.225 e. The first-order chi connectivity index (χ1) is 13.6. The molecule has 0 aromatic heterocycles. The minimum absolute atomic E-state index is 0. The highest BCUT2D eigenvalue weighted by Crippen LogP contribution is 2.21. The molecule has 0 saturated carbocycles. The molecule has 1 aromatic rings. The van der Waals surface area contributed by atoms with Gasteiger partial charge in [0.1, 0.15) is 5.75 Å². The second-order valence-electron chi connectivity index (χ2n) is 7.46. The molecule has 2 fully saturated rings. The quantitative estimate of drug-likeness (QED) is 0.378. The van der Waals surface area contributed by atoms with Crippen molar-refractivity contribution in [3.05, 3.63) is 29.3 Å². The van der Waals surface area contributed by atoms with E-state index >= 15 is 0 Å². The van der Waals surface area contributed by atoms with Crippen LogP contribution in [0, 0.1) is 12.8 Å². The molecule has 2 heterocycles. The van der Waals surface area contributed by atoms with Crippen molar-refractivity contribution in [2.24, 2.45) is 10.9 Å². The molecule has 1 amide bonds. The second kappa shape index (κ2) is 11.6. The number of likely N-dealkylation sites (tertiary alicyclic amines) is 1. The lowest BCUT2D eigenvalue weighted by molar-refractivity contribution is -0.140. The molecule has 29 heavy (non-hydrogen) atoms. The molecule has 0 bridgehead atoms. The number of aryl methyl sites for hydroxylation is 1. The number of morpholine rings is 1. The zero-order valence-corrected chi connectivity index (χ0v) is 20.0. The summed E-state index contributed by atoms with van der Waals surface area (Å²) in [5.74, 6) is 2.17. The number of hydrogen-bond acceptors (Lipinski definition) is 4. The van der Waals surface area contributed by atoms with Crippen molar-refractivity contribution in [2.45, 2.75) is 26.3 Å². The Balaban J connectivity index is 0.00000300. The molecule has 162 valence electrons. The Morgan fingerprint density at radius 2 is 1.86 bits per heavy atom. The number of piperidine rings is 1. The zero-order chi connectivity index (χ0) is 19.9. The maximum atomic E-state index is 12.7. The van der Waals surface area contributed by atoms with Crippen molar-refractivity contribution in [1.29, 1.82) is 0 Å². The Bertz CT molecular complexity index is 699. The third kappa shape index (κ3) is 6.47. The van der Waals surface area contributed by atoms with Crippen LogP contribution in [0.15, 0.2) is 23.2 Å². The highest BCUT2D eigenvalue weighted by atomic mass is 127. The number of halogens is 1. The number of carbonyl (C=O) groups is 1. The molecular formula is C21H33IN4O3. The Kier molecular flexibility index (Phi) is 9.48. The van der Waals surface area contributed by atoms with Crippen LogP contribution in [0.4, 0.5) is 0 Å². The summed E-state index contributed by atoms with van der Waals surface area (Å²) in [5.41, 5.74) is 2.34. The first-order valence-corrected chi connectivity index (χ1v) is 10.1. The average molecular weight is 516 g/mol. The van der Waals surface area contributed by atoms with Crippen LogP contribution in [0.2, 0.25) is 0 Å². The summed E-state index contributed by atoms with van der Waals surface area (Å²) in [6.45, 7) is 7.21. The van der Waals surface area contributed by atoms with E-state index in [-0.39, 0.29) is 35.8 Å². The number of guanidine groups is 1. The minimum Gasteiger partial charge on any atom is -0.497 e. The smallest absolute Gasteiger partial charge is 0.225 e. The number of aliphatic imine (C=N–C) groups is 1. The molecule has 0 aliphatic carbocycles. The fourth-order valence-electron chi connectivity index (χ4n) is 3.94. The number of ether oxygens (including phenoxy) is 2. The van der Waals surface area contributed by atoms with E-state index in [4.69, 9.17) is 9.47 Å². The predicted molar refractivity (Wildman–Crippen MR) is 125 cm³/mol. The van der Waals surface area contributed by atoms with Crippen LogP contribution in [0.25, 0.3) is 0 Å². The fraction of sp³-hybridized carbons (Fsp3) is 0.619. The van der Waals surface area contributed by atoms with E-state index in [1.165, 1.54) is 5.56 Å². The molecular weight excluding hydrogens is 483 g/mol. The molecule has 1 N–H and O–H groups in total.